The number of hydrogen-bond donors (Lipinski definition) is 1. The molecule has 5 aromatic rings. The maximum atomic E-state index is 11.4. The van der Waals surface area contributed by atoms with Crippen LogP contribution in [0.1, 0.15) is 39.2 Å². The van der Waals surface area contributed by atoms with Gasteiger partial charge in [0.15, 0.2) is 5.65 Å². The monoisotopic (exact) mass is 675 g/mol. The molecule has 0 spiro atoms. The molecule has 0 bridgehead atoms. The molecule has 2 saturated heterocycles. The molecule has 0 aliphatic carbocycles. The van der Waals surface area contributed by atoms with Crippen molar-refractivity contribution in [1.82, 2.24) is 13.9 Å². The predicted molar refractivity (Wildman–Crippen MR) is 195 cm³/mol. The number of aromatic hydroxyl groups is 1. The molecule has 0 unspecified atom stereocenters. The lowest BCUT2D eigenvalue weighted by molar-refractivity contribution is 0.0295. The number of aromatic nitrogens is 2. The number of nitriles is 1. The summed E-state index contributed by atoms with van der Waals surface area (Å²) in [6.45, 7) is 10.7. The Bertz CT molecular complexity index is 1940. The van der Waals surface area contributed by atoms with Gasteiger partial charge in [0.05, 0.1) is 24.5 Å². The largest absolute Gasteiger partial charge is 0.507 e. The number of rotatable bonds is 5. The zero-order chi connectivity index (χ0) is 34.4. The average Bonchev–Trinajstić information content (AvgIpc) is 3.79. The minimum Gasteiger partial charge on any atom is -0.507 e. The van der Waals surface area contributed by atoms with Crippen LogP contribution >= 0.6 is 11.9 Å². The van der Waals surface area contributed by atoms with Crippen molar-refractivity contribution in [2.75, 3.05) is 44.3 Å². The van der Waals surface area contributed by atoms with Crippen LogP contribution in [0.4, 0.5) is 10.5 Å². The molecule has 0 radical (unpaired) electrons. The molecule has 2 fully saturated rings. The summed E-state index contributed by atoms with van der Waals surface area (Å²) in [6.07, 6.45) is 3.85. The number of nitrogens with zero attached hydrogens (tertiary/aromatic N) is 5. The van der Waals surface area contributed by atoms with Gasteiger partial charge in [0.2, 0.25) is 0 Å². The topological polar surface area (TPSA) is 104 Å². The third-order valence-electron chi connectivity index (χ3n) is 8.33. The van der Waals surface area contributed by atoms with Crippen LogP contribution in [0.2, 0.25) is 0 Å². The van der Waals surface area contributed by atoms with Crippen LogP contribution < -0.4 is 4.90 Å². The maximum Gasteiger partial charge on any atom is 0.410 e. The summed E-state index contributed by atoms with van der Waals surface area (Å²) in [5.74, 6) is -0.0187. The van der Waals surface area contributed by atoms with Gasteiger partial charge >= 0.3 is 6.09 Å². The number of hydrogen-bond acceptors (Lipinski definition) is 8. The first kappa shape index (κ1) is 33.9. The maximum absolute atomic E-state index is 11.4. The molecule has 252 valence electrons. The van der Waals surface area contributed by atoms with E-state index >= 15 is 0 Å². The Labute approximate surface area is 291 Å². The highest BCUT2D eigenvalue weighted by atomic mass is 32.2. The smallest absolute Gasteiger partial charge is 0.410 e. The summed E-state index contributed by atoms with van der Waals surface area (Å²) in [4.78, 5) is 21.4. The first-order chi connectivity index (χ1) is 23.7. The summed E-state index contributed by atoms with van der Waals surface area (Å²) >= 11 is 1.63. The van der Waals surface area contributed by atoms with Gasteiger partial charge in [-0.05, 0) is 111 Å². The van der Waals surface area contributed by atoms with E-state index in [1.165, 1.54) is 5.69 Å². The summed E-state index contributed by atoms with van der Waals surface area (Å²) in [6, 6.07) is 30.2. The van der Waals surface area contributed by atoms with Gasteiger partial charge in [0.1, 0.15) is 17.4 Å². The zero-order valence-corrected chi connectivity index (χ0v) is 28.9. The molecule has 2 aliphatic rings. The van der Waals surface area contributed by atoms with E-state index in [9.17, 15) is 15.2 Å². The van der Waals surface area contributed by atoms with Crippen LogP contribution in [0, 0.1) is 11.3 Å². The van der Waals surface area contributed by atoms with E-state index in [-0.39, 0.29) is 23.0 Å². The summed E-state index contributed by atoms with van der Waals surface area (Å²) in [5, 5.41) is 20.4. The van der Waals surface area contributed by atoms with Crippen molar-refractivity contribution in [3.63, 3.8) is 0 Å². The van der Waals surface area contributed by atoms with E-state index in [0.717, 1.165) is 90.5 Å². The molecular formula is C39H41N5O4S. The molecule has 0 saturated carbocycles. The lowest BCUT2D eigenvalue weighted by Crippen LogP contribution is -2.36. The van der Waals surface area contributed by atoms with Crippen LogP contribution in [0.3, 0.4) is 0 Å². The van der Waals surface area contributed by atoms with E-state index < -0.39 is 0 Å². The second-order valence-corrected chi connectivity index (χ2v) is 14.0. The fourth-order valence-electron chi connectivity index (χ4n) is 5.89. The van der Waals surface area contributed by atoms with E-state index in [0.29, 0.717) is 0 Å². The van der Waals surface area contributed by atoms with Gasteiger partial charge in [-0.2, -0.15) is 5.26 Å². The molecule has 0 atom stereocenters. The van der Waals surface area contributed by atoms with E-state index in [1.807, 2.05) is 51.1 Å². The zero-order valence-electron chi connectivity index (χ0n) is 28.1. The van der Waals surface area contributed by atoms with Gasteiger partial charge in [-0.3, -0.25) is 3.97 Å². The number of carbonyl (C=O) groups is 1. The molecule has 49 heavy (non-hydrogen) atoms. The number of carbonyl (C=O) groups excluding carboxylic acids is 1. The molecule has 3 aromatic carbocycles. The SMILES string of the molecule is CC(C)(C)OC(=O)N1CCCC1.N#Cc1cc(-c2ccnc3c2cc(-c2ccc(N4CCOCC4)cc2)n3Sc2ccccc2)ccc1O. The number of benzene rings is 3. The highest BCUT2D eigenvalue weighted by Gasteiger charge is 2.24. The number of phenols is 1. The molecular weight excluding hydrogens is 635 g/mol. The average molecular weight is 676 g/mol. The van der Waals surface area contributed by atoms with Crippen molar-refractivity contribution < 1.29 is 19.4 Å². The number of ether oxygens (including phenoxy) is 2. The Hall–Kier alpha value is -4.98. The Kier molecular flexibility index (Phi) is 10.4. The minimum atomic E-state index is -0.361. The second-order valence-electron chi connectivity index (χ2n) is 13.0. The number of fused-ring (bicyclic) bond motifs is 1. The van der Waals surface area contributed by atoms with Gasteiger partial charge < -0.3 is 24.4 Å². The van der Waals surface area contributed by atoms with Gasteiger partial charge in [-0.1, -0.05) is 36.4 Å². The number of morpholine rings is 1. The first-order valence-corrected chi connectivity index (χ1v) is 17.4. The molecule has 10 heteroatoms. The Morgan fingerprint density at radius 3 is 2.29 bits per heavy atom. The van der Waals surface area contributed by atoms with Crippen molar-refractivity contribution in [2.45, 2.75) is 44.1 Å². The van der Waals surface area contributed by atoms with Gasteiger partial charge in [0, 0.05) is 48.3 Å². The van der Waals surface area contributed by atoms with Crippen LogP contribution in [-0.2, 0) is 9.47 Å². The fraction of sp³-hybridized carbons (Fsp3) is 0.308. The highest BCUT2D eigenvalue weighted by Crippen LogP contribution is 2.39. The molecule has 2 aliphatic heterocycles. The minimum absolute atomic E-state index is 0.0187. The fourth-order valence-corrected chi connectivity index (χ4v) is 6.87. The Morgan fingerprint density at radius 1 is 0.918 bits per heavy atom. The molecule has 9 nitrogen and oxygen atoms in total. The van der Waals surface area contributed by atoms with Crippen LogP contribution in [0.15, 0.2) is 96.0 Å². The number of likely N-dealkylation sites (tertiary alicyclic amines) is 1. The molecule has 1 amide bonds. The van der Waals surface area contributed by atoms with Crippen LogP contribution in [-0.4, -0.2) is 70.0 Å². The van der Waals surface area contributed by atoms with Crippen LogP contribution in [0.25, 0.3) is 33.4 Å². The summed E-state index contributed by atoms with van der Waals surface area (Å²) in [7, 11) is 0. The van der Waals surface area contributed by atoms with E-state index in [2.05, 4.69) is 57.4 Å². The van der Waals surface area contributed by atoms with Crippen molar-refractivity contribution in [1.29, 1.82) is 5.26 Å². The Morgan fingerprint density at radius 2 is 1.61 bits per heavy atom. The third kappa shape index (κ3) is 8.19. The summed E-state index contributed by atoms with van der Waals surface area (Å²) < 4.78 is 12.9. The quantitative estimate of drug-likeness (QED) is 0.198. The summed E-state index contributed by atoms with van der Waals surface area (Å²) in [5.41, 5.74) is 5.86. The third-order valence-corrected chi connectivity index (χ3v) is 9.36. The van der Waals surface area contributed by atoms with Crippen molar-refractivity contribution >= 4 is 34.8 Å². The number of pyridine rings is 1. The second kappa shape index (κ2) is 15.1. The normalized spacial score (nSPS) is 14.7. The number of phenolic OH excluding ortho intramolecular Hbond substituents is 1. The lowest BCUT2D eigenvalue weighted by atomic mass is 10.0. The molecule has 1 N–H and O–H groups in total. The van der Waals surface area contributed by atoms with Crippen molar-refractivity contribution in [3.05, 3.63) is 96.7 Å². The first-order valence-electron chi connectivity index (χ1n) is 16.6. The van der Waals surface area contributed by atoms with Crippen molar-refractivity contribution in [2.24, 2.45) is 0 Å². The number of anilines is 1. The van der Waals surface area contributed by atoms with Gasteiger partial charge in [0.25, 0.3) is 0 Å². The van der Waals surface area contributed by atoms with E-state index in [4.69, 9.17) is 14.5 Å². The molecule has 7 rings (SSSR count). The van der Waals surface area contributed by atoms with Gasteiger partial charge in [-0.25, -0.2) is 9.78 Å². The van der Waals surface area contributed by atoms with E-state index in [1.54, 1.807) is 35.2 Å². The molecule has 4 heterocycles. The predicted octanol–water partition coefficient (Wildman–Crippen LogP) is 8.36. The van der Waals surface area contributed by atoms with Gasteiger partial charge in [-0.15, -0.1) is 0 Å². The van der Waals surface area contributed by atoms with Crippen molar-refractivity contribution in [3.8, 4) is 34.2 Å². The highest BCUT2D eigenvalue weighted by molar-refractivity contribution is 7.98. The molecule has 2 aromatic heterocycles. The standard InChI is InChI=1S/C30H24N4O2S.C9H17NO2/c31-20-23-18-22(8-11-29(23)35)26-12-13-32-30-27(26)19-28(34(30)37-25-4-2-1-3-5-25)21-6-9-24(10-7-21)33-14-16-36-17-15-33;1-9(2,3)12-8(11)10-6-4-5-7-10/h1-13,18-19,35H,14-17H2;4-7H2,1-3H3. The number of amides is 1. The van der Waals surface area contributed by atoms with Crippen LogP contribution in [0.5, 0.6) is 5.75 Å². The Balaban J connectivity index is 0.000000295. The lowest BCUT2D eigenvalue weighted by Gasteiger charge is -2.28.